The van der Waals surface area contributed by atoms with Crippen molar-refractivity contribution >= 4 is 23.3 Å². The lowest BCUT2D eigenvalue weighted by Crippen LogP contribution is -2.58. The third-order valence-electron chi connectivity index (χ3n) is 4.38. The quantitative estimate of drug-likeness (QED) is 0.862. The molecule has 4 rings (SSSR count). The molecule has 2 amide bonds. The Morgan fingerprint density at radius 3 is 2.75 bits per heavy atom. The van der Waals surface area contributed by atoms with Crippen LogP contribution in [0.3, 0.4) is 0 Å². The maximum absolute atomic E-state index is 12.8. The van der Waals surface area contributed by atoms with E-state index in [9.17, 15) is 4.79 Å². The number of nitrogens with one attached hydrogen (secondary N) is 1. The Balaban J connectivity index is 1.99. The minimum Gasteiger partial charge on any atom is -0.377 e. The van der Waals surface area contributed by atoms with Crippen LogP contribution >= 0.6 is 11.6 Å². The second-order valence-electron chi connectivity index (χ2n) is 5.74. The van der Waals surface area contributed by atoms with Gasteiger partial charge in [-0.15, -0.1) is 0 Å². The van der Waals surface area contributed by atoms with Crippen molar-refractivity contribution < 1.29 is 14.3 Å². The number of carbonyl (C=O) groups is 1. The average Bonchev–Trinajstić information content (AvgIpc) is 2.57. The van der Waals surface area contributed by atoms with E-state index in [1.165, 1.54) is 0 Å². The Labute approximate surface area is 145 Å². The van der Waals surface area contributed by atoms with Gasteiger partial charge in [0.2, 0.25) is 0 Å². The number of halogens is 1. The first-order chi connectivity index (χ1) is 11.7. The van der Waals surface area contributed by atoms with Crippen molar-refractivity contribution in [2.45, 2.75) is 5.72 Å². The zero-order chi connectivity index (χ0) is 16.6. The summed E-state index contributed by atoms with van der Waals surface area (Å²) in [5, 5.41) is 3.52. The molecule has 0 aliphatic carbocycles. The summed E-state index contributed by atoms with van der Waals surface area (Å²) in [7, 11) is 0. The molecule has 1 N–H and O–H groups in total. The second kappa shape index (κ2) is 6.09. The molecule has 2 aromatic rings. The van der Waals surface area contributed by atoms with Crippen molar-refractivity contribution in [3.8, 4) is 0 Å². The van der Waals surface area contributed by atoms with Gasteiger partial charge in [0.1, 0.15) is 0 Å². The highest BCUT2D eigenvalue weighted by Crippen LogP contribution is 2.45. The summed E-state index contributed by atoms with van der Waals surface area (Å²) < 4.78 is 11.8. The van der Waals surface area contributed by atoms with E-state index in [0.717, 1.165) is 11.1 Å². The zero-order valence-electron chi connectivity index (χ0n) is 13.0. The van der Waals surface area contributed by atoms with Crippen LogP contribution in [0.1, 0.15) is 11.1 Å². The normalized spacial score (nSPS) is 23.5. The van der Waals surface area contributed by atoms with Crippen molar-refractivity contribution in [1.29, 1.82) is 0 Å². The molecule has 1 fully saturated rings. The predicted molar refractivity (Wildman–Crippen MR) is 91.2 cm³/mol. The predicted octanol–water partition coefficient (Wildman–Crippen LogP) is 3.44. The Morgan fingerprint density at radius 2 is 1.92 bits per heavy atom. The van der Waals surface area contributed by atoms with E-state index in [1.54, 1.807) is 11.0 Å². The molecule has 1 unspecified atom stereocenters. The van der Waals surface area contributed by atoms with Crippen LogP contribution in [0.5, 0.6) is 0 Å². The van der Waals surface area contributed by atoms with Crippen LogP contribution in [0, 0.1) is 0 Å². The number of rotatable bonds is 1. The molecule has 6 heteroatoms. The second-order valence-corrected chi connectivity index (χ2v) is 6.18. The molecule has 0 aromatic heterocycles. The van der Waals surface area contributed by atoms with Gasteiger partial charge in [-0.1, -0.05) is 41.9 Å². The van der Waals surface area contributed by atoms with E-state index in [2.05, 4.69) is 5.32 Å². The number of carbonyl (C=O) groups excluding carboxylic acids is 1. The standard InChI is InChI=1S/C18H17ClN2O3/c19-14-6-7-16-15(12-14)18(13-4-2-1-3-5-13)21(17(22)20-16)8-9-23-10-11-24-18/h1-7,12H,8-11H2,(H,20,22). The number of fused-ring (bicyclic) bond motifs is 3. The topological polar surface area (TPSA) is 50.8 Å². The monoisotopic (exact) mass is 344 g/mol. The Kier molecular flexibility index (Phi) is 3.92. The maximum atomic E-state index is 12.8. The molecule has 0 spiro atoms. The molecule has 5 nitrogen and oxygen atoms in total. The molecule has 1 atom stereocenters. The summed E-state index contributed by atoms with van der Waals surface area (Å²) in [5.74, 6) is 0. The molecule has 0 saturated carbocycles. The minimum atomic E-state index is -1.01. The van der Waals surface area contributed by atoms with Crippen LogP contribution in [0.25, 0.3) is 0 Å². The van der Waals surface area contributed by atoms with E-state index >= 15 is 0 Å². The van der Waals surface area contributed by atoms with E-state index in [0.29, 0.717) is 37.1 Å². The first-order valence-corrected chi connectivity index (χ1v) is 8.25. The van der Waals surface area contributed by atoms with E-state index in [4.69, 9.17) is 21.1 Å². The van der Waals surface area contributed by atoms with Gasteiger partial charge in [0.25, 0.3) is 0 Å². The van der Waals surface area contributed by atoms with Gasteiger partial charge in [-0.05, 0) is 18.2 Å². The Hall–Kier alpha value is -2.08. The van der Waals surface area contributed by atoms with E-state index in [-0.39, 0.29) is 6.03 Å². The van der Waals surface area contributed by atoms with Crippen molar-refractivity contribution in [3.63, 3.8) is 0 Å². The summed E-state index contributed by atoms with van der Waals surface area (Å²) in [6, 6.07) is 15.0. The fraction of sp³-hybridized carbons (Fsp3) is 0.278. The number of nitrogens with zero attached hydrogens (tertiary/aromatic N) is 1. The Morgan fingerprint density at radius 1 is 1.08 bits per heavy atom. The van der Waals surface area contributed by atoms with Gasteiger partial charge in [-0.2, -0.15) is 0 Å². The summed E-state index contributed by atoms with van der Waals surface area (Å²) in [6.07, 6.45) is 0. The van der Waals surface area contributed by atoms with Gasteiger partial charge >= 0.3 is 6.03 Å². The van der Waals surface area contributed by atoms with Gasteiger partial charge in [0.15, 0.2) is 5.72 Å². The van der Waals surface area contributed by atoms with Crippen molar-refractivity contribution in [2.75, 3.05) is 31.7 Å². The van der Waals surface area contributed by atoms with Crippen molar-refractivity contribution in [2.24, 2.45) is 0 Å². The maximum Gasteiger partial charge on any atom is 0.324 e. The summed E-state index contributed by atoms with van der Waals surface area (Å²) in [4.78, 5) is 14.4. The number of urea groups is 1. The lowest BCUT2D eigenvalue weighted by Gasteiger charge is -2.48. The van der Waals surface area contributed by atoms with Crippen LogP contribution in [0.4, 0.5) is 10.5 Å². The van der Waals surface area contributed by atoms with Crippen LogP contribution in [-0.4, -0.2) is 37.3 Å². The lowest BCUT2D eigenvalue weighted by molar-refractivity contribution is -0.146. The molecule has 2 aromatic carbocycles. The Bertz CT molecular complexity index is 768. The summed E-state index contributed by atoms with van der Waals surface area (Å²) in [6.45, 7) is 1.75. The molecule has 1 saturated heterocycles. The number of amides is 2. The first-order valence-electron chi connectivity index (χ1n) is 7.88. The highest BCUT2D eigenvalue weighted by atomic mass is 35.5. The molecular weight excluding hydrogens is 328 g/mol. The molecule has 2 aliphatic heterocycles. The fourth-order valence-corrected chi connectivity index (χ4v) is 3.53. The van der Waals surface area contributed by atoms with Crippen molar-refractivity contribution in [1.82, 2.24) is 4.90 Å². The number of benzene rings is 2. The van der Waals surface area contributed by atoms with Gasteiger partial charge in [0.05, 0.1) is 25.5 Å². The third-order valence-corrected chi connectivity index (χ3v) is 4.61. The van der Waals surface area contributed by atoms with E-state index < -0.39 is 5.72 Å². The summed E-state index contributed by atoms with van der Waals surface area (Å²) in [5.41, 5.74) is 1.44. The van der Waals surface area contributed by atoms with E-state index in [1.807, 2.05) is 42.5 Å². The largest absolute Gasteiger partial charge is 0.377 e. The third kappa shape index (κ3) is 2.36. The van der Waals surface area contributed by atoms with Crippen LogP contribution in [0.15, 0.2) is 48.5 Å². The van der Waals surface area contributed by atoms with Gasteiger partial charge in [-0.3, -0.25) is 4.90 Å². The van der Waals surface area contributed by atoms with Crippen LogP contribution in [0.2, 0.25) is 5.02 Å². The highest BCUT2D eigenvalue weighted by Gasteiger charge is 2.49. The van der Waals surface area contributed by atoms with Gasteiger partial charge in [0, 0.05) is 22.7 Å². The molecular formula is C18H17ClN2O3. The molecule has 0 bridgehead atoms. The smallest absolute Gasteiger partial charge is 0.324 e. The SMILES string of the molecule is O=C1Nc2ccc(Cl)cc2C2(c3ccccc3)OCCOCCN12. The minimum absolute atomic E-state index is 0.209. The van der Waals surface area contributed by atoms with Crippen LogP contribution < -0.4 is 5.32 Å². The first kappa shape index (κ1) is 15.4. The van der Waals surface area contributed by atoms with Gasteiger partial charge < -0.3 is 14.8 Å². The molecule has 124 valence electrons. The highest BCUT2D eigenvalue weighted by molar-refractivity contribution is 6.30. The lowest BCUT2D eigenvalue weighted by atomic mass is 9.89. The molecule has 0 radical (unpaired) electrons. The number of hydrogen-bond donors (Lipinski definition) is 1. The average molecular weight is 345 g/mol. The van der Waals surface area contributed by atoms with Gasteiger partial charge in [-0.25, -0.2) is 4.79 Å². The zero-order valence-corrected chi connectivity index (χ0v) is 13.8. The molecule has 24 heavy (non-hydrogen) atoms. The number of ether oxygens (including phenoxy) is 2. The van der Waals surface area contributed by atoms with Crippen molar-refractivity contribution in [3.05, 3.63) is 64.7 Å². The number of hydrogen-bond acceptors (Lipinski definition) is 3. The summed E-state index contributed by atoms with van der Waals surface area (Å²) >= 11 is 6.26. The molecule has 2 aliphatic rings. The number of anilines is 1. The van der Waals surface area contributed by atoms with Crippen LogP contribution in [-0.2, 0) is 15.2 Å². The fourth-order valence-electron chi connectivity index (χ4n) is 3.36. The molecule has 2 heterocycles.